The molecule has 4 rings (SSSR count). The van der Waals surface area contributed by atoms with Crippen LogP contribution in [0, 0.1) is 0 Å². The average molecular weight is 483 g/mol. The molecule has 0 atom stereocenters. The van der Waals surface area contributed by atoms with Gasteiger partial charge in [-0.25, -0.2) is 4.99 Å². The number of thioether (sulfide) groups is 1. The minimum Gasteiger partial charge on any atom is -0.288 e. The van der Waals surface area contributed by atoms with E-state index in [2.05, 4.69) is 15.6 Å². The van der Waals surface area contributed by atoms with Gasteiger partial charge in [0.2, 0.25) is 11.2 Å². The van der Waals surface area contributed by atoms with E-state index < -0.39 is 0 Å². The van der Waals surface area contributed by atoms with E-state index >= 15 is 0 Å². The Kier molecular flexibility index (Phi) is 6.90. The van der Waals surface area contributed by atoms with Crippen LogP contribution in [0.25, 0.3) is 6.08 Å². The SMILES string of the molecule is CC(C)[n+]1cc(NC(=O)CSC2=N/C(=C/c3ccccc3Cl)C(=O)N2c2ccccc2)on1. The lowest BCUT2D eigenvalue weighted by Crippen LogP contribution is -2.37. The number of amides is 2. The molecule has 1 aliphatic rings. The van der Waals surface area contributed by atoms with Crippen LogP contribution in [0.3, 0.4) is 0 Å². The van der Waals surface area contributed by atoms with Gasteiger partial charge in [-0.15, -0.1) is 0 Å². The zero-order valence-corrected chi connectivity index (χ0v) is 19.5. The number of aromatic nitrogens is 2. The Morgan fingerprint density at radius 3 is 2.64 bits per heavy atom. The van der Waals surface area contributed by atoms with Gasteiger partial charge in [-0.3, -0.25) is 24.3 Å². The number of para-hydroxylation sites is 1. The number of hydrogen-bond acceptors (Lipinski definition) is 6. The second-order valence-corrected chi connectivity index (χ2v) is 8.75. The molecular formula is C23H21ClN5O3S+. The van der Waals surface area contributed by atoms with Crippen molar-refractivity contribution in [3.05, 3.63) is 77.1 Å². The molecule has 0 spiro atoms. The maximum atomic E-state index is 13.2. The molecular weight excluding hydrogens is 462 g/mol. The number of nitrogens with one attached hydrogen (secondary N) is 1. The first kappa shape index (κ1) is 22.8. The molecule has 1 aliphatic heterocycles. The molecule has 8 nitrogen and oxygen atoms in total. The number of nitrogens with zero attached hydrogens (tertiary/aromatic N) is 4. The van der Waals surface area contributed by atoms with Crippen LogP contribution in [0.2, 0.25) is 5.02 Å². The topological polar surface area (TPSA) is 91.7 Å². The zero-order chi connectivity index (χ0) is 23.4. The van der Waals surface area contributed by atoms with Crippen LogP contribution < -0.4 is 14.9 Å². The predicted molar refractivity (Wildman–Crippen MR) is 129 cm³/mol. The molecule has 0 saturated heterocycles. The Labute approximate surface area is 199 Å². The fourth-order valence-corrected chi connectivity index (χ4v) is 4.00. The summed E-state index contributed by atoms with van der Waals surface area (Å²) in [5, 5.41) is 7.43. The first-order valence-corrected chi connectivity index (χ1v) is 11.5. The van der Waals surface area contributed by atoms with Crippen molar-refractivity contribution >= 4 is 58.0 Å². The molecule has 2 amide bonds. The summed E-state index contributed by atoms with van der Waals surface area (Å²) in [5.74, 6) is -0.328. The van der Waals surface area contributed by atoms with Gasteiger partial charge < -0.3 is 0 Å². The summed E-state index contributed by atoms with van der Waals surface area (Å²) in [7, 11) is 0. The van der Waals surface area contributed by atoms with E-state index in [1.807, 2.05) is 62.4 Å². The highest BCUT2D eigenvalue weighted by atomic mass is 35.5. The molecule has 0 radical (unpaired) electrons. The molecule has 0 bridgehead atoms. The van der Waals surface area contributed by atoms with Crippen molar-refractivity contribution < 1.29 is 18.8 Å². The second kappa shape index (κ2) is 10.0. The van der Waals surface area contributed by atoms with Gasteiger partial charge in [0.25, 0.3) is 12.1 Å². The summed E-state index contributed by atoms with van der Waals surface area (Å²) < 4.78 is 6.73. The third-order valence-electron chi connectivity index (χ3n) is 4.65. The highest BCUT2D eigenvalue weighted by Crippen LogP contribution is 2.30. The number of aliphatic imine (C=N–C) groups is 1. The van der Waals surface area contributed by atoms with E-state index in [9.17, 15) is 9.59 Å². The standard InChI is InChI=1S/C23H20ClN5O3S/c1-15(2)28-13-21(32-27-28)26-20(30)14-33-23-25-19(12-16-8-6-7-11-18(16)24)22(31)29(23)17-9-4-3-5-10-17/h3-13,15H,14H2,1-2H3/p+1/b19-12+. The largest absolute Gasteiger partial charge is 0.302 e. The number of halogens is 1. The van der Waals surface area contributed by atoms with Crippen LogP contribution in [0.1, 0.15) is 25.5 Å². The minimum atomic E-state index is -0.307. The molecule has 2 aromatic carbocycles. The number of rotatable bonds is 6. The fourth-order valence-electron chi connectivity index (χ4n) is 3.00. The smallest absolute Gasteiger partial charge is 0.288 e. The number of amidine groups is 1. The predicted octanol–water partition coefficient (Wildman–Crippen LogP) is 4.31. The van der Waals surface area contributed by atoms with Gasteiger partial charge in [-0.2, -0.15) is 0 Å². The molecule has 0 saturated carbocycles. The Balaban J connectivity index is 1.54. The Hall–Kier alpha value is -3.43. The second-order valence-electron chi connectivity index (χ2n) is 7.40. The third kappa shape index (κ3) is 5.32. The van der Waals surface area contributed by atoms with Gasteiger partial charge >= 0.3 is 5.88 Å². The first-order valence-electron chi connectivity index (χ1n) is 10.2. The number of benzene rings is 2. The Morgan fingerprint density at radius 2 is 1.94 bits per heavy atom. The van der Waals surface area contributed by atoms with Gasteiger partial charge in [-0.1, -0.05) is 59.8 Å². The normalized spacial score (nSPS) is 14.8. The number of hydrogen-bond donors (Lipinski definition) is 1. The highest BCUT2D eigenvalue weighted by molar-refractivity contribution is 8.14. The van der Waals surface area contributed by atoms with Crippen molar-refractivity contribution in [2.45, 2.75) is 19.9 Å². The number of carbonyl (C=O) groups is 2. The van der Waals surface area contributed by atoms with Crippen LogP contribution in [0.5, 0.6) is 0 Å². The molecule has 10 heteroatoms. The van der Waals surface area contributed by atoms with Gasteiger partial charge in [0.15, 0.2) is 11.2 Å². The van der Waals surface area contributed by atoms with Crippen molar-refractivity contribution in [2.75, 3.05) is 16.0 Å². The van der Waals surface area contributed by atoms with E-state index in [0.29, 0.717) is 21.4 Å². The molecule has 0 fully saturated rings. The van der Waals surface area contributed by atoms with Gasteiger partial charge in [0.1, 0.15) is 5.70 Å². The molecule has 0 unspecified atom stereocenters. The lowest BCUT2D eigenvalue weighted by atomic mass is 10.2. The Bertz CT molecular complexity index is 1240. The molecule has 33 heavy (non-hydrogen) atoms. The van der Waals surface area contributed by atoms with E-state index in [1.165, 1.54) is 4.90 Å². The summed E-state index contributed by atoms with van der Waals surface area (Å²) in [4.78, 5) is 31.7. The maximum Gasteiger partial charge on any atom is 0.302 e. The lowest BCUT2D eigenvalue weighted by Gasteiger charge is -2.17. The van der Waals surface area contributed by atoms with E-state index in [1.54, 1.807) is 23.0 Å². The van der Waals surface area contributed by atoms with Crippen molar-refractivity contribution in [2.24, 2.45) is 4.99 Å². The van der Waals surface area contributed by atoms with E-state index in [-0.39, 0.29) is 35.2 Å². The van der Waals surface area contributed by atoms with Crippen LogP contribution in [0.4, 0.5) is 11.6 Å². The quantitative estimate of drug-likeness (QED) is 0.417. The van der Waals surface area contributed by atoms with Crippen LogP contribution >= 0.6 is 23.4 Å². The van der Waals surface area contributed by atoms with Crippen LogP contribution in [-0.2, 0) is 9.59 Å². The van der Waals surface area contributed by atoms with Crippen molar-refractivity contribution in [1.29, 1.82) is 0 Å². The summed E-state index contributed by atoms with van der Waals surface area (Å²) in [6.45, 7) is 3.90. The lowest BCUT2D eigenvalue weighted by molar-refractivity contribution is -0.779. The Morgan fingerprint density at radius 1 is 1.21 bits per heavy atom. The third-order valence-corrected chi connectivity index (χ3v) is 5.93. The maximum absolute atomic E-state index is 13.2. The van der Waals surface area contributed by atoms with Gasteiger partial charge in [0.05, 0.1) is 11.4 Å². The fraction of sp³-hybridized carbons (Fsp3) is 0.174. The van der Waals surface area contributed by atoms with Crippen molar-refractivity contribution in [3.8, 4) is 0 Å². The first-order chi connectivity index (χ1) is 15.9. The molecule has 1 aromatic heterocycles. The molecule has 3 aromatic rings. The molecule has 168 valence electrons. The zero-order valence-electron chi connectivity index (χ0n) is 17.9. The summed E-state index contributed by atoms with van der Waals surface area (Å²) >= 11 is 7.40. The van der Waals surface area contributed by atoms with E-state index in [4.69, 9.17) is 16.1 Å². The summed E-state index contributed by atoms with van der Waals surface area (Å²) in [6, 6.07) is 16.5. The van der Waals surface area contributed by atoms with Gasteiger partial charge in [-0.05, 0) is 48.4 Å². The molecule has 0 aliphatic carbocycles. The van der Waals surface area contributed by atoms with Crippen LogP contribution in [0.15, 0.2) is 76.0 Å². The van der Waals surface area contributed by atoms with Crippen molar-refractivity contribution in [3.63, 3.8) is 0 Å². The number of anilines is 2. The minimum absolute atomic E-state index is 0.0250. The van der Waals surface area contributed by atoms with Crippen molar-refractivity contribution in [1.82, 2.24) is 5.27 Å². The van der Waals surface area contributed by atoms with Gasteiger partial charge in [0, 0.05) is 5.02 Å². The monoisotopic (exact) mass is 482 g/mol. The summed E-state index contributed by atoms with van der Waals surface area (Å²) in [5.41, 5.74) is 1.58. The summed E-state index contributed by atoms with van der Waals surface area (Å²) in [6.07, 6.45) is 3.26. The van der Waals surface area contributed by atoms with E-state index in [0.717, 1.165) is 11.8 Å². The van der Waals surface area contributed by atoms with Crippen LogP contribution in [-0.4, -0.2) is 28.0 Å². The average Bonchev–Trinajstić information content (AvgIpc) is 3.39. The number of carbonyl (C=O) groups excluding carboxylic acids is 2. The molecule has 2 heterocycles. The molecule has 1 N–H and O–H groups in total. The highest BCUT2D eigenvalue weighted by Gasteiger charge is 2.32.